The zero-order chi connectivity index (χ0) is 12.1. The Morgan fingerprint density at radius 1 is 1.38 bits per heavy atom. The highest BCUT2D eigenvalue weighted by atomic mass is 32.2. The van der Waals surface area contributed by atoms with Crippen molar-refractivity contribution in [3.63, 3.8) is 0 Å². The predicted molar refractivity (Wildman–Crippen MR) is 61.9 cm³/mol. The number of nitrogens with zero attached hydrogens (tertiary/aromatic N) is 2. The molecule has 0 aromatic heterocycles. The SMILES string of the molecule is N=C(N=C(N)N)SCCN1C(=O)CCC1=O. The molecule has 2 amide bonds. The van der Waals surface area contributed by atoms with Crippen LogP contribution in [0.2, 0.25) is 0 Å². The monoisotopic (exact) mass is 243 g/mol. The third kappa shape index (κ3) is 3.54. The Balaban J connectivity index is 2.30. The number of guanidine groups is 1. The molecule has 0 bridgehead atoms. The third-order valence-corrected chi connectivity index (χ3v) is 2.69. The topological polar surface area (TPSA) is 126 Å². The molecule has 8 heteroatoms. The molecule has 1 aliphatic rings. The van der Waals surface area contributed by atoms with Crippen LogP contribution in [-0.2, 0) is 9.59 Å². The lowest BCUT2D eigenvalue weighted by Gasteiger charge is -2.12. The predicted octanol–water partition coefficient (Wildman–Crippen LogP) is -0.923. The van der Waals surface area contributed by atoms with E-state index < -0.39 is 0 Å². The molecule has 0 aliphatic carbocycles. The molecular weight excluding hydrogens is 230 g/mol. The number of thioether (sulfide) groups is 1. The molecule has 0 unspecified atom stereocenters. The fourth-order valence-electron chi connectivity index (χ4n) is 1.26. The highest BCUT2D eigenvalue weighted by molar-refractivity contribution is 8.13. The summed E-state index contributed by atoms with van der Waals surface area (Å²) in [5, 5.41) is 7.29. The molecule has 1 fully saturated rings. The van der Waals surface area contributed by atoms with Gasteiger partial charge in [0.1, 0.15) is 0 Å². The number of nitrogens with one attached hydrogen (secondary N) is 1. The Bertz CT molecular complexity index is 334. The third-order valence-electron chi connectivity index (χ3n) is 1.94. The minimum Gasteiger partial charge on any atom is -0.370 e. The van der Waals surface area contributed by atoms with Crippen LogP contribution >= 0.6 is 11.8 Å². The van der Waals surface area contributed by atoms with Crippen molar-refractivity contribution < 1.29 is 9.59 Å². The van der Waals surface area contributed by atoms with E-state index >= 15 is 0 Å². The maximum absolute atomic E-state index is 11.2. The number of hydrogen-bond acceptors (Lipinski definition) is 4. The maximum atomic E-state index is 11.2. The number of nitrogens with two attached hydrogens (primary N) is 2. The molecule has 7 nitrogen and oxygen atoms in total. The van der Waals surface area contributed by atoms with Gasteiger partial charge in [-0.15, -0.1) is 0 Å². The molecule has 1 aliphatic heterocycles. The summed E-state index contributed by atoms with van der Waals surface area (Å²) in [5.74, 6) is -0.0589. The lowest BCUT2D eigenvalue weighted by molar-refractivity contribution is -0.137. The van der Waals surface area contributed by atoms with Crippen molar-refractivity contribution >= 4 is 34.7 Å². The molecule has 0 spiro atoms. The molecule has 0 atom stereocenters. The minimum atomic E-state index is -0.175. The summed E-state index contributed by atoms with van der Waals surface area (Å²) < 4.78 is 0. The van der Waals surface area contributed by atoms with Crippen LogP contribution in [-0.4, -0.2) is 40.1 Å². The average molecular weight is 243 g/mol. The largest absolute Gasteiger partial charge is 0.370 e. The minimum absolute atomic E-state index is 0.0286. The molecule has 16 heavy (non-hydrogen) atoms. The summed E-state index contributed by atoms with van der Waals surface area (Å²) in [6.07, 6.45) is 0.573. The van der Waals surface area contributed by atoms with Crippen molar-refractivity contribution in [3.8, 4) is 0 Å². The Morgan fingerprint density at radius 3 is 2.44 bits per heavy atom. The molecule has 0 aromatic carbocycles. The van der Waals surface area contributed by atoms with Gasteiger partial charge in [0.25, 0.3) is 0 Å². The van der Waals surface area contributed by atoms with Gasteiger partial charge in [-0.05, 0) is 0 Å². The second kappa shape index (κ2) is 5.50. The van der Waals surface area contributed by atoms with Crippen LogP contribution in [0.4, 0.5) is 0 Å². The number of rotatable bonds is 3. The summed E-state index contributed by atoms with van der Waals surface area (Å²) in [6.45, 7) is 0.296. The molecule has 0 radical (unpaired) electrons. The smallest absolute Gasteiger partial charge is 0.229 e. The first kappa shape index (κ1) is 12.5. The van der Waals surface area contributed by atoms with Crippen molar-refractivity contribution in [2.45, 2.75) is 12.8 Å². The van der Waals surface area contributed by atoms with Gasteiger partial charge in [-0.25, -0.2) is 0 Å². The number of imide groups is 1. The fraction of sp³-hybridized carbons (Fsp3) is 0.500. The van der Waals surface area contributed by atoms with E-state index in [4.69, 9.17) is 16.9 Å². The van der Waals surface area contributed by atoms with E-state index in [-0.39, 0.29) is 35.8 Å². The van der Waals surface area contributed by atoms with E-state index in [1.807, 2.05) is 0 Å². The zero-order valence-corrected chi connectivity index (χ0v) is 9.42. The quantitative estimate of drug-likeness (QED) is 0.335. The van der Waals surface area contributed by atoms with Gasteiger partial charge >= 0.3 is 0 Å². The van der Waals surface area contributed by atoms with Gasteiger partial charge in [0.15, 0.2) is 11.1 Å². The first-order valence-electron chi connectivity index (χ1n) is 4.65. The van der Waals surface area contributed by atoms with E-state index in [2.05, 4.69) is 4.99 Å². The van der Waals surface area contributed by atoms with Gasteiger partial charge in [-0.1, -0.05) is 11.8 Å². The molecule has 1 heterocycles. The Morgan fingerprint density at radius 2 is 1.94 bits per heavy atom. The molecule has 1 rings (SSSR count). The van der Waals surface area contributed by atoms with Gasteiger partial charge in [0, 0.05) is 25.1 Å². The molecule has 5 N–H and O–H groups in total. The number of amidine groups is 1. The summed E-state index contributed by atoms with van der Waals surface area (Å²) in [7, 11) is 0. The van der Waals surface area contributed by atoms with E-state index in [1.54, 1.807) is 0 Å². The number of hydrogen-bond donors (Lipinski definition) is 3. The second-order valence-corrected chi connectivity index (χ2v) is 4.21. The lowest BCUT2D eigenvalue weighted by atomic mass is 10.4. The average Bonchev–Trinajstić information content (AvgIpc) is 2.47. The van der Waals surface area contributed by atoms with E-state index in [9.17, 15) is 9.59 Å². The Kier molecular flexibility index (Phi) is 4.29. The fourth-order valence-corrected chi connectivity index (χ4v) is 1.89. The summed E-state index contributed by atoms with van der Waals surface area (Å²) >= 11 is 1.09. The molecular formula is C8H13N5O2S. The summed E-state index contributed by atoms with van der Waals surface area (Å²) in [5.41, 5.74) is 10.2. The summed E-state index contributed by atoms with van der Waals surface area (Å²) in [4.78, 5) is 27.1. The van der Waals surface area contributed by atoms with Gasteiger partial charge in [-0.3, -0.25) is 19.9 Å². The van der Waals surface area contributed by atoms with Gasteiger partial charge in [-0.2, -0.15) is 4.99 Å². The van der Waals surface area contributed by atoms with Crippen LogP contribution < -0.4 is 11.5 Å². The van der Waals surface area contributed by atoms with Crippen LogP contribution in [0.1, 0.15) is 12.8 Å². The van der Waals surface area contributed by atoms with Gasteiger partial charge in [0.05, 0.1) is 0 Å². The number of aliphatic imine (C=N–C) groups is 1. The standard InChI is InChI=1S/C8H13N5O2S/c9-7(10)12-8(11)16-4-3-13-5(14)1-2-6(13)15/h1-4H2,(H5,9,10,11,12). The number of likely N-dealkylation sites (tertiary alicyclic amines) is 1. The van der Waals surface area contributed by atoms with Crippen molar-refractivity contribution in [1.29, 1.82) is 5.41 Å². The van der Waals surface area contributed by atoms with Crippen molar-refractivity contribution in [2.24, 2.45) is 16.5 Å². The van der Waals surface area contributed by atoms with Crippen LogP contribution in [0, 0.1) is 5.41 Å². The molecule has 0 saturated carbocycles. The van der Waals surface area contributed by atoms with Crippen molar-refractivity contribution in [2.75, 3.05) is 12.3 Å². The summed E-state index contributed by atoms with van der Waals surface area (Å²) in [6, 6.07) is 0. The number of carbonyl (C=O) groups is 2. The van der Waals surface area contributed by atoms with Crippen LogP contribution in [0.25, 0.3) is 0 Å². The van der Waals surface area contributed by atoms with Crippen LogP contribution in [0.5, 0.6) is 0 Å². The van der Waals surface area contributed by atoms with Crippen LogP contribution in [0.15, 0.2) is 4.99 Å². The molecule has 0 aromatic rings. The number of amides is 2. The van der Waals surface area contributed by atoms with Gasteiger partial charge in [0.2, 0.25) is 11.8 Å². The van der Waals surface area contributed by atoms with E-state index in [1.165, 1.54) is 4.90 Å². The lowest BCUT2D eigenvalue weighted by Crippen LogP contribution is -2.31. The first-order chi connectivity index (χ1) is 7.50. The number of carbonyl (C=O) groups excluding carboxylic acids is 2. The zero-order valence-electron chi connectivity index (χ0n) is 8.60. The second-order valence-electron chi connectivity index (χ2n) is 3.13. The Hall–Kier alpha value is -1.57. The van der Waals surface area contributed by atoms with Gasteiger partial charge < -0.3 is 11.5 Å². The highest BCUT2D eigenvalue weighted by Crippen LogP contribution is 2.13. The Labute approximate surface area is 96.8 Å². The van der Waals surface area contributed by atoms with Crippen molar-refractivity contribution in [3.05, 3.63) is 0 Å². The normalized spacial score (nSPS) is 15.4. The van der Waals surface area contributed by atoms with E-state index in [0.717, 1.165) is 11.8 Å². The highest BCUT2D eigenvalue weighted by Gasteiger charge is 2.28. The first-order valence-corrected chi connectivity index (χ1v) is 5.63. The van der Waals surface area contributed by atoms with E-state index in [0.29, 0.717) is 12.3 Å². The maximum Gasteiger partial charge on any atom is 0.229 e. The van der Waals surface area contributed by atoms with Crippen molar-refractivity contribution in [1.82, 2.24) is 4.90 Å². The molecule has 88 valence electrons. The van der Waals surface area contributed by atoms with Crippen LogP contribution in [0.3, 0.4) is 0 Å². The molecule has 1 saturated heterocycles.